The summed E-state index contributed by atoms with van der Waals surface area (Å²) in [5, 5.41) is 9.43. The maximum Gasteiger partial charge on any atom is 0.341 e. The predicted molar refractivity (Wildman–Crippen MR) is 111 cm³/mol. The third kappa shape index (κ3) is 3.55. The van der Waals surface area contributed by atoms with Crippen molar-refractivity contribution in [2.45, 2.75) is 46.1 Å². The standard InChI is InChI=1S/C24H25NO4/c1-24(2,3)22-10-16-9-15(8-7-14-5-6-14)21(29-4)11-17(16)19-12-20(26)18(23(27)28)13-25(19)22/h9,11-14,22H,5-6,10H2,1-4H3,(H,27,28)/t22-/m0/s1. The van der Waals surface area contributed by atoms with Crippen LogP contribution in [0.3, 0.4) is 0 Å². The molecule has 4 rings (SSSR count). The Kier molecular flexibility index (Phi) is 4.53. The predicted octanol–water partition coefficient (Wildman–Crippen LogP) is 4.13. The number of hydrogen-bond acceptors (Lipinski definition) is 3. The third-order valence-electron chi connectivity index (χ3n) is 5.75. The van der Waals surface area contributed by atoms with Gasteiger partial charge in [-0.2, -0.15) is 0 Å². The van der Waals surface area contributed by atoms with E-state index in [0.29, 0.717) is 11.7 Å². The van der Waals surface area contributed by atoms with E-state index in [1.165, 1.54) is 12.3 Å². The zero-order valence-electron chi connectivity index (χ0n) is 17.2. The van der Waals surface area contributed by atoms with Crippen molar-refractivity contribution in [2.24, 2.45) is 11.3 Å². The van der Waals surface area contributed by atoms with Crippen LogP contribution in [0.25, 0.3) is 11.3 Å². The fraction of sp³-hybridized carbons (Fsp3) is 0.417. The van der Waals surface area contributed by atoms with Crippen LogP contribution in [0, 0.1) is 23.2 Å². The van der Waals surface area contributed by atoms with Crippen LogP contribution in [-0.2, 0) is 6.42 Å². The molecule has 1 aromatic carbocycles. The van der Waals surface area contributed by atoms with E-state index in [4.69, 9.17) is 4.74 Å². The number of nitrogens with zero attached hydrogens (tertiary/aromatic N) is 1. The van der Waals surface area contributed by atoms with E-state index < -0.39 is 11.4 Å². The number of benzene rings is 1. The van der Waals surface area contributed by atoms with Crippen LogP contribution in [0.15, 0.2) is 29.2 Å². The van der Waals surface area contributed by atoms with Crippen molar-refractivity contribution in [1.82, 2.24) is 4.57 Å². The Labute approximate surface area is 170 Å². The summed E-state index contributed by atoms with van der Waals surface area (Å²) in [6, 6.07) is 5.45. The van der Waals surface area contributed by atoms with Crippen LogP contribution in [0.4, 0.5) is 0 Å². The van der Waals surface area contributed by atoms with Crippen molar-refractivity contribution in [3.05, 3.63) is 51.3 Å². The molecule has 0 spiro atoms. The van der Waals surface area contributed by atoms with Crippen molar-refractivity contribution in [3.63, 3.8) is 0 Å². The van der Waals surface area contributed by atoms with Crippen molar-refractivity contribution in [1.29, 1.82) is 0 Å². The average Bonchev–Trinajstić information content (AvgIpc) is 3.47. The van der Waals surface area contributed by atoms with Gasteiger partial charge < -0.3 is 14.4 Å². The Morgan fingerprint density at radius 2 is 1.97 bits per heavy atom. The molecular formula is C24H25NO4. The first-order chi connectivity index (χ1) is 13.7. The van der Waals surface area contributed by atoms with Gasteiger partial charge in [0.1, 0.15) is 11.3 Å². The number of carboxylic acids is 1. The van der Waals surface area contributed by atoms with Gasteiger partial charge in [0.05, 0.1) is 18.4 Å². The number of methoxy groups -OCH3 is 1. The van der Waals surface area contributed by atoms with E-state index in [-0.39, 0.29) is 17.0 Å². The van der Waals surface area contributed by atoms with E-state index >= 15 is 0 Å². The minimum Gasteiger partial charge on any atom is -0.495 e. The molecule has 2 aliphatic rings. The molecule has 5 nitrogen and oxygen atoms in total. The minimum atomic E-state index is -1.20. The maximum absolute atomic E-state index is 12.5. The van der Waals surface area contributed by atoms with Gasteiger partial charge in [-0.15, -0.1) is 0 Å². The third-order valence-corrected chi connectivity index (χ3v) is 5.75. The molecular weight excluding hydrogens is 366 g/mol. The summed E-state index contributed by atoms with van der Waals surface area (Å²) >= 11 is 0. The molecule has 150 valence electrons. The monoisotopic (exact) mass is 391 g/mol. The molecule has 5 heteroatoms. The van der Waals surface area contributed by atoms with Gasteiger partial charge in [-0.25, -0.2) is 4.79 Å². The van der Waals surface area contributed by atoms with Crippen molar-refractivity contribution in [2.75, 3.05) is 7.11 Å². The summed E-state index contributed by atoms with van der Waals surface area (Å²) in [5.74, 6) is 6.53. The smallest absolute Gasteiger partial charge is 0.341 e. The summed E-state index contributed by atoms with van der Waals surface area (Å²) in [7, 11) is 1.62. The maximum atomic E-state index is 12.5. The molecule has 29 heavy (non-hydrogen) atoms. The highest BCUT2D eigenvalue weighted by Crippen LogP contribution is 2.44. The molecule has 2 heterocycles. The van der Waals surface area contributed by atoms with Gasteiger partial charge in [0.2, 0.25) is 0 Å². The average molecular weight is 391 g/mol. The van der Waals surface area contributed by atoms with Crippen LogP contribution < -0.4 is 10.2 Å². The number of rotatable bonds is 2. The van der Waals surface area contributed by atoms with E-state index in [0.717, 1.165) is 41.6 Å². The topological polar surface area (TPSA) is 68.5 Å². The second-order valence-corrected chi connectivity index (χ2v) is 8.99. The Bertz CT molecular complexity index is 1120. The summed E-state index contributed by atoms with van der Waals surface area (Å²) in [6.07, 6.45) is 4.55. The quantitative estimate of drug-likeness (QED) is 0.782. The fourth-order valence-corrected chi connectivity index (χ4v) is 3.92. The number of ether oxygens (including phenoxy) is 1. The Balaban J connectivity index is 1.94. The van der Waals surface area contributed by atoms with E-state index in [9.17, 15) is 14.7 Å². The molecule has 1 N–H and O–H groups in total. The molecule has 1 saturated carbocycles. The van der Waals surface area contributed by atoms with Crippen LogP contribution in [0.1, 0.15) is 61.1 Å². The highest BCUT2D eigenvalue weighted by molar-refractivity contribution is 5.88. The fourth-order valence-electron chi connectivity index (χ4n) is 3.92. The first-order valence-corrected chi connectivity index (χ1v) is 9.91. The van der Waals surface area contributed by atoms with Gasteiger partial charge in [0.25, 0.3) is 0 Å². The van der Waals surface area contributed by atoms with Gasteiger partial charge >= 0.3 is 5.97 Å². The van der Waals surface area contributed by atoms with Gasteiger partial charge in [0, 0.05) is 29.8 Å². The van der Waals surface area contributed by atoms with Crippen molar-refractivity contribution in [3.8, 4) is 28.8 Å². The number of carboxylic acid groups (broad SMARTS) is 1. The molecule has 0 saturated heterocycles. The summed E-state index contributed by atoms with van der Waals surface area (Å²) in [4.78, 5) is 24.0. The second kappa shape index (κ2) is 6.81. The lowest BCUT2D eigenvalue weighted by Crippen LogP contribution is -2.32. The van der Waals surface area contributed by atoms with E-state index in [2.05, 4.69) is 38.7 Å². The van der Waals surface area contributed by atoms with E-state index in [1.807, 2.05) is 10.6 Å². The number of carbonyl (C=O) groups is 1. The molecule has 1 fully saturated rings. The molecule has 1 atom stereocenters. The molecule has 0 unspecified atom stereocenters. The molecule has 1 aliphatic heterocycles. The van der Waals surface area contributed by atoms with Crippen LogP contribution in [0.2, 0.25) is 0 Å². The Hall–Kier alpha value is -3.00. The molecule has 1 aliphatic carbocycles. The van der Waals surface area contributed by atoms with Gasteiger partial charge in [-0.05, 0) is 42.4 Å². The van der Waals surface area contributed by atoms with Crippen LogP contribution in [0.5, 0.6) is 5.75 Å². The lowest BCUT2D eigenvalue weighted by molar-refractivity contribution is 0.0693. The zero-order chi connectivity index (χ0) is 20.9. The Morgan fingerprint density at radius 1 is 1.24 bits per heavy atom. The minimum absolute atomic E-state index is 0.0151. The number of aromatic carboxylic acids is 1. The molecule has 0 bridgehead atoms. The van der Waals surface area contributed by atoms with Crippen molar-refractivity contribution < 1.29 is 14.6 Å². The first kappa shape index (κ1) is 19.3. The molecule has 0 amide bonds. The highest BCUT2D eigenvalue weighted by Gasteiger charge is 2.34. The van der Waals surface area contributed by atoms with Crippen molar-refractivity contribution >= 4 is 5.97 Å². The SMILES string of the molecule is COc1cc2c(cc1C#CC1CC1)C[C@@H](C(C)(C)C)n1cc(C(=O)O)c(=O)cc1-2. The molecule has 0 radical (unpaired) electrons. The van der Waals surface area contributed by atoms with Crippen LogP contribution >= 0.6 is 0 Å². The van der Waals surface area contributed by atoms with Crippen LogP contribution in [-0.4, -0.2) is 22.8 Å². The zero-order valence-corrected chi connectivity index (χ0v) is 17.2. The number of aromatic nitrogens is 1. The molecule has 1 aromatic heterocycles. The van der Waals surface area contributed by atoms with E-state index in [1.54, 1.807) is 7.11 Å². The summed E-state index contributed by atoms with van der Waals surface area (Å²) < 4.78 is 7.53. The normalized spacial score (nSPS) is 17.6. The van der Waals surface area contributed by atoms with Gasteiger partial charge in [-0.3, -0.25) is 4.79 Å². The van der Waals surface area contributed by atoms with Gasteiger partial charge in [-0.1, -0.05) is 32.6 Å². The highest BCUT2D eigenvalue weighted by atomic mass is 16.5. The lowest BCUT2D eigenvalue weighted by atomic mass is 9.78. The number of fused-ring (bicyclic) bond motifs is 3. The Morgan fingerprint density at radius 3 is 2.55 bits per heavy atom. The second-order valence-electron chi connectivity index (χ2n) is 8.99. The first-order valence-electron chi connectivity index (χ1n) is 9.91. The number of hydrogen-bond donors (Lipinski definition) is 1. The number of pyridine rings is 1. The summed E-state index contributed by atoms with van der Waals surface area (Å²) in [6.45, 7) is 6.38. The van der Waals surface area contributed by atoms with Gasteiger partial charge in [0.15, 0.2) is 5.43 Å². The largest absolute Gasteiger partial charge is 0.495 e. The lowest BCUT2D eigenvalue weighted by Gasteiger charge is -2.39. The summed E-state index contributed by atoms with van der Waals surface area (Å²) in [5.41, 5.74) is 2.77. The molecule has 2 aromatic rings.